The monoisotopic (exact) mass is 366 g/mol. The minimum atomic E-state index is -0.907. The van der Waals surface area contributed by atoms with E-state index in [4.69, 9.17) is 10.5 Å². The number of benzene rings is 2. The molecule has 3 rings (SSSR count). The smallest absolute Gasteiger partial charge is 0.303 e. The molecule has 1 atom stereocenters. The number of aromatic nitrogens is 2. The Hall–Kier alpha value is -3.68. The van der Waals surface area contributed by atoms with Gasteiger partial charge >= 0.3 is 5.97 Å². The highest BCUT2D eigenvalue weighted by atomic mass is 16.5. The van der Waals surface area contributed by atoms with E-state index in [1.807, 2.05) is 6.07 Å². The van der Waals surface area contributed by atoms with Gasteiger partial charge in [0.15, 0.2) is 6.10 Å². The Labute approximate surface area is 154 Å². The van der Waals surface area contributed by atoms with Crippen molar-refractivity contribution in [3.63, 3.8) is 0 Å². The van der Waals surface area contributed by atoms with Crippen LogP contribution in [0.3, 0.4) is 0 Å². The van der Waals surface area contributed by atoms with Crippen molar-refractivity contribution in [3.05, 3.63) is 48.0 Å². The molecule has 0 aliphatic heterocycles. The van der Waals surface area contributed by atoms with E-state index in [0.717, 1.165) is 16.5 Å². The second-order valence-corrected chi connectivity index (χ2v) is 6.02. The Morgan fingerprint density at radius 3 is 2.67 bits per heavy atom. The van der Waals surface area contributed by atoms with E-state index in [-0.39, 0.29) is 0 Å². The van der Waals surface area contributed by atoms with Crippen LogP contribution in [0.4, 0.5) is 5.69 Å². The van der Waals surface area contributed by atoms with Crippen LogP contribution in [0.5, 0.6) is 0 Å². The van der Waals surface area contributed by atoms with E-state index in [0.29, 0.717) is 16.9 Å². The average Bonchev–Trinajstić information content (AvgIpc) is 3.04. The van der Waals surface area contributed by atoms with Crippen LogP contribution >= 0.6 is 0 Å². The molecular weight excluding hydrogens is 348 g/mol. The lowest BCUT2D eigenvalue weighted by molar-refractivity contribution is -0.150. The lowest BCUT2D eigenvalue weighted by atomic mass is 10.0. The number of nitrogens with zero attached hydrogens (tertiary/aromatic N) is 1. The van der Waals surface area contributed by atoms with Crippen molar-refractivity contribution in [2.24, 2.45) is 5.73 Å². The predicted molar refractivity (Wildman–Crippen MR) is 99.9 cm³/mol. The molecule has 0 aliphatic carbocycles. The van der Waals surface area contributed by atoms with Crippen molar-refractivity contribution >= 4 is 34.4 Å². The molecule has 0 aliphatic rings. The van der Waals surface area contributed by atoms with E-state index in [1.54, 1.807) is 36.4 Å². The standard InChI is InChI=1S/C19H18N4O4/c1-10(27-11(2)24)19(26)21-14-5-3-4-12(8-14)17-15-9-13(18(20)25)6-7-16(15)22-23-17/h3-10H,1-2H3,(H2,20,25)(H,21,26)(H,22,23)/t10-/m0/s1. The number of nitrogens with two attached hydrogens (primary N) is 1. The maximum absolute atomic E-state index is 12.1. The van der Waals surface area contributed by atoms with Crippen LogP contribution in [-0.4, -0.2) is 34.1 Å². The highest BCUT2D eigenvalue weighted by Gasteiger charge is 2.17. The third-order valence-electron chi connectivity index (χ3n) is 3.96. The van der Waals surface area contributed by atoms with Gasteiger partial charge in [0.05, 0.1) is 11.2 Å². The molecule has 2 aromatic carbocycles. The molecule has 0 bridgehead atoms. The van der Waals surface area contributed by atoms with Gasteiger partial charge in [-0.15, -0.1) is 0 Å². The lowest BCUT2D eigenvalue weighted by Gasteiger charge is -2.12. The summed E-state index contributed by atoms with van der Waals surface area (Å²) in [7, 11) is 0. The fourth-order valence-corrected chi connectivity index (χ4v) is 2.68. The Balaban J connectivity index is 1.91. The van der Waals surface area contributed by atoms with Crippen molar-refractivity contribution in [3.8, 4) is 11.3 Å². The number of carbonyl (C=O) groups is 3. The third-order valence-corrected chi connectivity index (χ3v) is 3.96. The molecular formula is C19H18N4O4. The van der Waals surface area contributed by atoms with Crippen LogP contribution in [0.1, 0.15) is 24.2 Å². The summed E-state index contributed by atoms with van der Waals surface area (Å²) in [6, 6.07) is 12.1. The van der Waals surface area contributed by atoms with Crippen LogP contribution in [0.15, 0.2) is 42.5 Å². The number of nitrogens with one attached hydrogen (secondary N) is 2. The number of primary amides is 1. The first-order valence-electron chi connectivity index (χ1n) is 8.21. The average molecular weight is 366 g/mol. The fourth-order valence-electron chi connectivity index (χ4n) is 2.68. The van der Waals surface area contributed by atoms with E-state index >= 15 is 0 Å². The van der Waals surface area contributed by atoms with Crippen molar-refractivity contribution in [2.75, 3.05) is 5.32 Å². The molecule has 27 heavy (non-hydrogen) atoms. The summed E-state index contributed by atoms with van der Waals surface area (Å²) in [5, 5.41) is 10.6. The number of hydrogen-bond acceptors (Lipinski definition) is 5. The van der Waals surface area contributed by atoms with Gasteiger partial charge in [-0.05, 0) is 37.3 Å². The van der Waals surface area contributed by atoms with Gasteiger partial charge in [0.25, 0.3) is 5.91 Å². The number of aromatic amines is 1. The van der Waals surface area contributed by atoms with Crippen molar-refractivity contribution in [2.45, 2.75) is 20.0 Å². The number of ether oxygens (including phenoxy) is 1. The van der Waals surface area contributed by atoms with Crippen molar-refractivity contribution in [1.29, 1.82) is 0 Å². The fraction of sp³-hybridized carbons (Fsp3) is 0.158. The number of hydrogen-bond donors (Lipinski definition) is 3. The van der Waals surface area contributed by atoms with Crippen molar-refractivity contribution in [1.82, 2.24) is 10.2 Å². The summed E-state index contributed by atoms with van der Waals surface area (Å²) in [4.78, 5) is 34.5. The molecule has 0 spiro atoms. The van der Waals surface area contributed by atoms with E-state index in [2.05, 4.69) is 15.5 Å². The predicted octanol–water partition coefficient (Wildman–Crippen LogP) is 2.22. The minimum Gasteiger partial charge on any atom is -0.453 e. The number of esters is 1. The molecule has 1 aromatic heterocycles. The molecule has 4 N–H and O–H groups in total. The number of amides is 2. The maximum Gasteiger partial charge on any atom is 0.303 e. The normalized spacial score (nSPS) is 11.8. The van der Waals surface area contributed by atoms with E-state index < -0.39 is 23.9 Å². The summed E-state index contributed by atoms with van der Waals surface area (Å²) in [5.41, 5.74) is 8.37. The quantitative estimate of drug-likeness (QED) is 0.597. The summed E-state index contributed by atoms with van der Waals surface area (Å²) >= 11 is 0. The van der Waals surface area contributed by atoms with Gasteiger partial charge in [-0.25, -0.2) is 0 Å². The summed E-state index contributed by atoms with van der Waals surface area (Å²) in [5.74, 6) is -1.49. The molecule has 1 heterocycles. The lowest BCUT2D eigenvalue weighted by Crippen LogP contribution is -2.29. The molecule has 0 saturated carbocycles. The largest absolute Gasteiger partial charge is 0.453 e. The van der Waals surface area contributed by atoms with E-state index in [1.165, 1.54) is 13.8 Å². The second-order valence-electron chi connectivity index (χ2n) is 6.02. The number of H-pyrrole nitrogens is 1. The number of fused-ring (bicyclic) bond motifs is 1. The number of rotatable bonds is 5. The zero-order chi connectivity index (χ0) is 19.6. The van der Waals surface area contributed by atoms with Crippen LogP contribution in [0.2, 0.25) is 0 Å². The van der Waals surface area contributed by atoms with Crippen LogP contribution < -0.4 is 11.1 Å². The number of anilines is 1. The van der Waals surface area contributed by atoms with Gasteiger partial charge in [0.1, 0.15) is 0 Å². The zero-order valence-electron chi connectivity index (χ0n) is 14.8. The van der Waals surface area contributed by atoms with Gasteiger partial charge < -0.3 is 15.8 Å². The highest BCUT2D eigenvalue weighted by Crippen LogP contribution is 2.28. The van der Waals surface area contributed by atoms with Gasteiger partial charge in [-0.3, -0.25) is 19.5 Å². The summed E-state index contributed by atoms with van der Waals surface area (Å²) in [6.45, 7) is 2.74. The van der Waals surface area contributed by atoms with Crippen LogP contribution in [0.25, 0.3) is 22.2 Å². The third kappa shape index (κ3) is 3.95. The summed E-state index contributed by atoms with van der Waals surface area (Å²) in [6.07, 6.45) is -0.907. The zero-order valence-corrected chi connectivity index (χ0v) is 14.8. The molecule has 8 nitrogen and oxygen atoms in total. The van der Waals surface area contributed by atoms with Crippen LogP contribution in [0, 0.1) is 0 Å². The van der Waals surface area contributed by atoms with Gasteiger partial charge in [-0.2, -0.15) is 5.10 Å². The number of carbonyl (C=O) groups excluding carboxylic acids is 3. The van der Waals surface area contributed by atoms with Gasteiger partial charge in [0.2, 0.25) is 5.91 Å². The summed E-state index contributed by atoms with van der Waals surface area (Å²) < 4.78 is 4.87. The molecule has 2 amide bonds. The molecule has 0 radical (unpaired) electrons. The van der Waals surface area contributed by atoms with Gasteiger partial charge in [0, 0.05) is 29.1 Å². The first-order valence-corrected chi connectivity index (χ1v) is 8.21. The second kappa shape index (κ2) is 7.28. The topological polar surface area (TPSA) is 127 Å². The van der Waals surface area contributed by atoms with Crippen molar-refractivity contribution < 1.29 is 19.1 Å². The van der Waals surface area contributed by atoms with E-state index in [9.17, 15) is 14.4 Å². The van der Waals surface area contributed by atoms with Gasteiger partial charge in [-0.1, -0.05) is 12.1 Å². The maximum atomic E-state index is 12.1. The Morgan fingerprint density at radius 1 is 1.19 bits per heavy atom. The SMILES string of the molecule is CC(=O)O[C@@H](C)C(=O)Nc1cccc(-c2n[nH]c3ccc(C(N)=O)cc23)c1. The molecule has 0 saturated heterocycles. The molecule has 0 fully saturated rings. The molecule has 138 valence electrons. The highest BCUT2D eigenvalue weighted by molar-refractivity contribution is 6.01. The Morgan fingerprint density at radius 2 is 1.96 bits per heavy atom. The first kappa shape index (κ1) is 18.1. The minimum absolute atomic E-state index is 0.379. The Bertz CT molecular complexity index is 1040. The molecule has 0 unspecified atom stereocenters. The first-order chi connectivity index (χ1) is 12.8. The Kier molecular flexibility index (Phi) is 4.89. The molecule has 8 heteroatoms. The van der Waals surface area contributed by atoms with Crippen LogP contribution in [-0.2, 0) is 14.3 Å². The molecule has 3 aromatic rings.